The molecular formula is C18H18N2O2S. The number of carbonyl (C=O) groups excluding carboxylic acids is 2. The number of benzene rings is 2. The zero-order valence-electron chi connectivity index (χ0n) is 13.1. The third kappa shape index (κ3) is 5.00. The van der Waals surface area contributed by atoms with E-state index in [0.717, 1.165) is 11.1 Å². The number of hydrogen-bond acceptors (Lipinski definition) is 3. The second kappa shape index (κ2) is 7.65. The summed E-state index contributed by atoms with van der Waals surface area (Å²) in [6.07, 6.45) is 0.266. The average Bonchev–Trinajstić information content (AvgIpc) is 2.49. The lowest BCUT2D eigenvalue weighted by Crippen LogP contribution is -2.35. The first kappa shape index (κ1) is 16.8. The van der Waals surface area contributed by atoms with Gasteiger partial charge in [-0.1, -0.05) is 36.4 Å². The molecule has 0 heterocycles. The maximum atomic E-state index is 12.0. The van der Waals surface area contributed by atoms with E-state index in [9.17, 15) is 9.59 Å². The van der Waals surface area contributed by atoms with E-state index in [-0.39, 0.29) is 23.2 Å². The molecule has 0 fully saturated rings. The van der Waals surface area contributed by atoms with Crippen LogP contribution >= 0.6 is 12.2 Å². The smallest absolute Gasteiger partial charge is 0.230 e. The average molecular weight is 326 g/mol. The van der Waals surface area contributed by atoms with Crippen molar-refractivity contribution in [3.63, 3.8) is 0 Å². The van der Waals surface area contributed by atoms with Crippen molar-refractivity contribution in [2.24, 2.45) is 0 Å². The normalized spacial score (nSPS) is 10.0. The molecule has 2 N–H and O–H groups in total. The Bertz CT molecular complexity index is 756. The number of ketones is 1. The van der Waals surface area contributed by atoms with Crippen LogP contribution in [0.3, 0.4) is 0 Å². The van der Waals surface area contributed by atoms with Crippen LogP contribution in [0.25, 0.3) is 0 Å². The molecule has 118 valence electrons. The third-order valence-corrected chi connectivity index (χ3v) is 3.60. The minimum absolute atomic E-state index is 0.0249. The molecule has 4 nitrogen and oxygen atoms in total. The molecule has 0 radical (unpaired) electrons. The summed E-state index contributed by atoms with van der Waals surface area (Å²) in [6, 6.07) is 14.7. The van der Waals surface area contributed by atoms with Gasteiger partial charge in [-0.2, -0.15) is 0 Å². The summed E-state index contributed by atoms with van der Waals surface area (Å²) in [6.45, 7) is 3.47. The van der Waals surface area contributed by atoms with Gasteiger partial charge in [-0.05, 0) is 49.3 Å². The topological polar surface area (TPSA) is 58.2 Å². The minimum atomic E-state index is -0.181. The molecule has 5 heteroatoms. The minimum Gasteiger partial charge on any atom is -0.332 e. The van der Waals surface area contributed by atoms with Crippen molar-refractivity contribution in [2.45, 2.75) is 20.3 Å². The Morgan fingerprint density at radius 1 is 1.09 bits per heavy atom. The zero-order chi connectivity index (χ0) is 16.8. The number of anilines is 1. The van der Waals surface area contributed by atoms with E-state index in [2.05, 4.69) is 10.6 Å². The van der Waals surface area contributed by atoms with E-state index >= 15 is 0 Å². The van der Waals surface area contributed by atoms with Gasteiger partial charge in [0.05, 0.1) is 6.42 Å². The Kier molecular flexibility index (Phi) is 5.60. The van der Waals surface area contributed by atoms with E-state index in [0.29, 0.717) is 11.3 Å². The van der Waals surface area contributed by atoms with E-state index in [1.807, 2.05) is 31.2 Å². The quantitative estimate of drug-likeness (QED) is 0.669. The standard InChI is InChI=1S/C18H18N2O2S/c1-12-6-3-4-7-14(12)11-17(22)20-18(23)19-16-9-5-8-15(10-16)13(2)21/h3-10H,11H2,1-2H3,(H2,19,20,22,23). The molecule has 2 aromatic carbocycles. The fraction of sp³-hybridized carbons (Fsp3) is 0.167. The van der Waals surface area contributed by atoms with Crippen LogP contribution in [0, 0.1) is 6.92 Å². The molecule has 0 spiro atoms. The highest BCUT2D eigenvalue weighted by atomic mass is 32.1. The summed E-state index contributed by atoms with van der Waals surface area (Å²) in [5, 5.41) is 5.78. The molecule has 0 saturated carbocycles. The third-order valence-electron chi connectivity index (χ3n) is 3.39. The molecule has 2 rings (SSSR count). The van der Waals surface area contributed by atoms with Crippen LogP contribution in [0.5, 0.6) is 0 Å². The molecule has 0 aliphatic heterocycles. The summed E-state index contributed by atoms with van der Waals surface area (Å²) < 4.78 is 0. The maximum absolute atomic E-state index is 12.0. The number of Topliss-reactive ketones (excluding diaryl/α,β-unsaturated/α-hetero) is 1. The highest BCUT2D eigenvalue weighted by molar-refractivity contribution is 7.80. The van der Waals surface area contributed by atoms with E-state index in [1.54, 1.807) is 24.3 Å². The number of hydrogen-bond donors (Lipinski definition) is 2. The summed E-state index contributed by atoms with van der Waals surface area (Å²) in [7, 11) is 0. The Balaban J connectivity index is 1.94. The van der Waals surface area contributed by atoms with Gasteiger partial charge in [-0.3, -0.25) is 9.59 Å². The van der Waals surface area contributed by atoms with E-state index in [1.165, 1.54) is 6.92 Å². The van der Waals surface area contributed by atoms with Gasteiger partial charge in [0.1, 0.15) is 0 Å². The van der Waals surface area contributed by atoms with Crippen LogP contribution in [0.1, 0.15) is 28.4 Å². The first-order valence-corrected chi connectivity index (χ1v) is 7.63. The summed E-state index contributed by atoms with van der Waals surface area (Å²) in [5.41, 5.74) is 3.28. The van der Waals surface area contributed by atoms with Crippen LogP contribution in [0.4, 0.5) is 5.69 Å². The number of rotatable bonds is 4. The molecule has 0 bridgehead atoms. The molecule has 0 saturated heterocycles. The van der Waals surface area contributed by atoms with Crippen LogP contribution in [0.2, 0.25) is 0 Å². The lowest BCUT2D eigenvalue weighted by molar-refractivity contribution is -0.119. The summed E-state index contributed by atoms with van der Waals surface area (Å²) >= 11 is 5.14. The second-order valence-corrected chi connectivity index (χ2v) is 5.65. The van der Waals surface area contributed by atoms with Crippen molar-refractivity contribution < 1.29 is 9.59 Å². The Labute approximate surface area is 140 Å². The number of thiocarbonyl (C=S) groups is 1. The van der Waals surface area contributed by atoms with Gasteiger partial charge >= 0.3 is 0 Å². The lowest BCUT2D eigenvalue weighted by Gasteiger charge is -2.11. The van der Waals surface area contributed by atoms with Crippen molar-refractivity contribution in [2.75, 3.05) is 5.32 Å². The van der Waals surface area contributed by atoms with Gasteiger partial charge in [0.25, 0.3) is 0 Å². The number of carbonyl (C=O) groups is 2. The molecule has 23 heavy (non-hydrogen) atoms. The summed E-state index contributed by atoms with van der Waals surface area (Å²) in [5.74, 6) is -0.206. The maximum Gasteiger partial charge on any atom is 0.230 e. The number of aryl methyl sites for hydroxylation is 1. The summed E-state index contributed by atoms with van der Waals surface area (Å²) in [4.78, 5) is 23.4. The Morgan fingerprint density at radius 3 is 2.52 bits per heavy atom. The fourth-order valence-electron chi connectivity index (χ4n) is 2.13. The first-order valence-electron chi connectivity index (χ1n) is 7.22. The molecular weight excluding hydrogens is 308 g/mol. The van der Waals surface area contributed by atoms with Crippen molar-refractivity contribution in [1.82, 2.24) is 5.32 Å². The van der Waals surface area contributed by atoms with Crippen molar-refractivity contribution >= 4 is 34.7 Å². The molecule has 1 amide bonds. The highest BCUT2D eigenvalue weighted by Gasteiger charge is 2.08. The Morgan fingerprint density at radius 2 is 1.83 bits per heavy atom. The number of nitrogens with one attached hydrogen (secondary N) is 2. The fourth-order valence-corrected chi connectivity index (χ4v) is 2.36. The van der Waals surface area contributed by atoms with Crippen LogP contribution in [0.15, 0.2) is 48.5 Å². The molecule has 0 unspecified atom stereocenters. The van der Waals surface area contributed by atoms with Crippen molar-refractivity contribution in [3.05, 3.63) is 65.2 Å². The van der Waals surface area contributed by atoms with Gasteiger partial charge in [0, 0.05) is 11.3 Å². The largest absolute Gasteiger partial charge is 0.332 e. The molecule has 0 atom stereocenters. The molecule has 0 aromatic heterocycles. The van der Waals surface area contributed by atoms with Crippen molar-refractivity contribution in [1.29, 1.82) is 0 Å². The van der Waals surface area contributed by atoms with E-state index < -0.39 is 0 Å². The van der Waals surface area contributed by atoms with Crippen molar-refractivity contribution in [3.8, 4) is 0 Å². The second-order valence-electron chi connectivity index (χ2n) is 5.24. The molecule has 0 aliphatic carbocycles. The number of amides is 1. The first-order chi connectivity index (χ1) is 11.0. The van der Waals surface area contributed by atoms with Crippen LogP contribution in [-0.4, -0.2) is 16.8 Å². The van der Waals surface area contributed by atoms with Gasteiger partial charge in [-0.25, -0.2) is 0 Å². The lowest BCUT2D eigenvalue weighted by atomic mass is 10.1. The van der Waals surface area contributed by atoms with Crippen LogP contribution < -0.4 is 10.6 Å². The zero-order valence-corrected chi connectivity index (χ0v) is 13.9. The van der Waals surface area contributed by atoms with Gasteiger partial charge in [0.2, 0.25) is 5.91 Å². The Hall–Kier alpha value is -2.53. The van der Waals surface area contributed by atoms with Gasteiger partial charge in [-0.15, -0.1) is 0 Å². The predicted molar refractivity (Wildman–Crippen MR) is 95.7 cm³/mol. The molecule has 0 aliphatic rings. The predicted octanol–water partition coefficient (Wildman–Crippen LogP) is 3.25. The highest BCUT2D eigenvalue weighted by Crippen LogP contribution is 2.11. The van der Waals surface area contributed by atoms with E-state index in [4.69, 9.17) is 12.2 Å². The molecule has 2 aromatic rings. The van der Waals surface area contributed by atoms with Gasteiger partial charge in [0.15, 0.2) is 10.9 Å². The monoisotopic (exact) mass is 326 g/mol. The SMILES string of the molecule is CC(=O)c1cccc(NC(=S)NC(=O)Cc2ccccc2C)c1. The van der Waals surface area contributed by atoms with Gasteiger partial charge < -0.3 is 10.6 Å². The van der Waals surface area contributed by atoms with Crippen LogP contribution in [-0.2, 0) is 11.2 Å².